The van der Waals surface area contributed by atoms with Crippen molar-refractivity contribution in [3.05, 3.63) is 35.9 Å². The summed E-state index contributed by atoms with van der Waals surface area (Å²) in [5, 5.41) is 2.61. The molecule has 1 N–H and O–H groups in total. The third-order valence-electron chi connectivity index (χ3n) is 4.01. The lowest BCUT2D eigenvalue weighted by molar-refractivity contribution is 0.0263. The molecule has 10 heteroatoms. The van der Waals surface area contributed by atoms with Gasteiger partial charge in [-0.1, -0.05) is 30.3 Å². The van der Waals surface area contributed by atoms with Crippen LogP contribution in [-0.4, -0.2) is 62.6 Å². The van der Waals surface area contributed by atoms with Gasteiger partial charge in [-0.25, -0.2) is 9.59 Å². The van der Waals surface area contributed by atoms with Crippen LogP contribution in [0.1, 0.15) is 32.8 Å². The van der Waals surface area contributed by atoms with E-state index in [-0.39, 0.29) is 26.1 Å². The van der Waals surface area contributed by atoms with Crippen molar-refractivity contribution in [2.75, 3.05) is 19.3 Å². The van der Waals surface area contributed by atoms with Crippen molar-refractivity contribution in [1.82, 2.24) is 10.2 Å². The summed E-state index contributed by atoms with van der Waals surface area (Å²) in [4.78, 5) is 26.0. The Kier molecular flexibility index (Phi) is 7.48. The number of amides is 2. The van der Waals surface area contributed by atoms with E-state index in [1.54, 1.807) is 20.8 Å². The van der Waals surface area contributed by atoms with Gasteiger partial charge in [-0.15, -0.1) is 0 Å². The molecule has 1 aromatic carbocycles. The minimum Gasteiger partial charge on any atom is -0.445 e. The Morgan fingerprint density at radius 1 is 1.21 bits per heavy atom. The van der Waals surface area contributed by atoms with Crippen LogP contribution < -0.4 is 5.32 Å². The van der Waals surface area contributed by atoms with Gasteiger partial charge < -0.3 is 19.7 Å². The van der Waals surface area contributed by atoms with Crippen LogP contribution in [0.25, 0.3) is 0 Å². The first-order valence-corrected chi connectivity index (χ1v) is 11.1. The van der Waals surface area contributed by atoms with Gasteiger partial charge in [0, 0.05) is 13.1 Å². The molecule has 1 aliphatic rings. The lowest BCUT2D eigenvalue weighted by Gasteiger charge is -2.37. The highest BCUT2D eigenvalue weighted by Crippen LogP contribution is 2.19. The number of hydrogen-bond acceptors (Lipinski definition) is 7. The molecule has 29 heavy (non-hydrogen) atoms. The number of carbonyl (C=O) groups is 2. The fourth-order valence-electron chi connectivity index (χ4n) is 2.84. The Hall–Kier alpha value is -2.33. The zero-order valence-corrected chi connectivity index (χ0v) is 17.9. The second-order valence-corrected chi connectivity index (χ2v) is 9.47. The number of likely N-dealkylation sites (tertiary alicyclic amines) is 1. The number of alkyl carbamates (subject to hydrolysis) is 1. The molecule has 2 rings (SSSR count). The zero-order valence-electron chi connectivity index (χ0n) is 17.1. The predicted molar refractivity (Wildman–Crippen MR) is 106 cm³/mol. The van der Waals surface area contributed by atoms with E-state index in [4.69, 9.17) is 13.7 Å². The molecule has 1 unspecified atom stereocenters. The van der Waals surface area contributed by atoms with E-state index >= 15 is 0 Å². The van der Waals surface area contributed by atoms with Gasteiger partial charge in [-0.2, -0.15) is 8.42 Å². The molecular weight excluding hydrogens is 400 g/mol. The van der Waals surface area contributed by atoms with Crippen molar-refractivity contribution in [3.8, 4) is 0 Å². The van der Waals surface area contributed by atoms with Crippen molar-refractivity contribution < 1.29 is 31.7 Å². The van der Waals surface area contributed by atoms with Crippen LogP contribution in [-0.2, 0) is 30.4 Å². The molecule has 1 aromatic rings. The summed E-state index contributed by atoms with van der Waals surface area (Å²) in [6.07, 6.45) is -0.922. The Labute approximate surface area is 171 Å². The largest absolute Gasteiger partial charge is 0.445 e. The molecule has 1 aliphatic heterocycles. The third-order valence-corrected chi connectivity index (χ3v) is 4.61. The maximum atomic E-state index is 12.4. The van der Waals surface area contributed by atoms with Gasteiger partial charge in [0.1, 0.15) is 18.3 Å². The molecule has 0 bridgehead atoms. The van der Waals surface area contributed by atoms with Crippen molar-refractivity contribution in [2.24, 2.45) is 0 Å². The summed E-state index contributed by atoms with van der Waals surface area (Å²) in [6, 6.07) is 8.47. The summed E-state index contributed by atoms with van der Waals surface area (Å²) in [6.45, 7) is 5.53. The minimum absolute atomic E-state index is 0.0348. The molecule has 0 radical (unpaired) electrons. The first-order chi connectivity index (χ1) is 13.4. The number of rotatable bonds is 5. The molecule has 0 aliphatic carbocycles. The molecule has 0 spiro atoms. The maximum Gasteiger partial charge on any atom is 0.410 e. The third kappa shape index (κ3) is 8.28. The first-order valence-electron chi connectivity index (χ1n) is 9.26. The van der Waals surface area contributed by atoms with Gasteiger partial charge in [-0.3, -0.25) is 4.18 Å². The SMILES string of the molecule is CC(C)(C)OC(=O)NC1CN(C(=O)OCc2ccccc2)CC[C@@H]1OS(C)(=O)=O. The van der Waals surface area contributed by atoms with Crippen LogP contribution in [0, 0.1) is 0 Å². The fraction of sp³-hybridized carbons (Fsp3) is 0.579. The van der Waals surface area contributed by atoms with Gasteiger partial charge in [0.15, 0.2) is 0 Å². The van der Waals surface area contributed by atoms with Gasteiger partial charge in [0.05, 0.1) is 12.3 Å². The Morgan fingerprint density at radius 2 is 1.86 bits per heavy atom. The monoisotopic (exact) mass is 428 g/mol. The highest BCUT2D eigenvalue weighted by atomic mass is 32.2. The number of hydrogen-bond donors (Lipinski definition) is 1. The molecule has 1 fully saturated rings. The number of piperidine rings is 1. The van der Waals surface area contributed by atoms with Gasteiger partial charge in [0.25, 0.3) is 10.1 Å². The summed E-state index contributed by atoms with van der Waals surface area (Å²) >= 11 is 0. The highest BCUT2D eigenvalue weighted by molar-refractivity contribution is 7.86. The minimum atomic E-state index is -3.74. The fourth-order valence-corrected chi connectivity index (χ4v) is 3.52. The average Bonchev–Trinajstić information content (AvgIpc) is 2.59. The molecule has 162 valence electrons. The predicted octanol–water partition coefficient (Wildman–Crippen LogP) is 2.27. The summed E-state index contributed by atoms with van der Waals surface area (Å²) in [5.74, 6) is 0. The maximum absolute atomic E-state index is 12.4. The summed E-state index contributed by atoms with van der Waals surface area (Å²) in [5.41, 5.74) is 0.125. The summed E-state index contributed by atoms with van der Waals surface area (Å²) in [7, 11) is -3.74. The van der Waals surface area contributed by atoms with Crippen LogP contribution in [0.15, 0.2) is 30.3 Å². The van der Waals surface area contributed by atoms with E-state index in [0.29, 0.717) is 0 Å². The van der Waals surface area contributed by atoms with E-state index in [2.05, 4.69) is 5.32 Å². The first kappa shape index (κ1) is 23.0. The quantitative estimate of drug-likeness (QED) is 0.716. The van der Waals surface area contributed by atoms with Crippen LogP contribution in [0.3, 0.4) is 0 Å². The number of benzene rings is 1. The van der Waals surface area contributed by atoms with Crippen LogP contribution >= 0.6 is 0 Å². The molecule has 2 amide bonds. The smallest absolute Gasteiger partial charge is 0.410 e. The normalized spacial score (nSPS) is 20.1. The standard InChI is InChI=1S/C19H28N2O7S/c1-19(2,3)27-17(22)20-15-12-21(11-10-16(15)28-29(4,24)25)18(23)26-13-14-8-6-5-7-9-14/h5-9,15-16H,10-13H2,1-4H3,(H,20,22)/t15?,16-/m0/s1. The Bertz CT molecular complexity index is 806. The van der Waals surface area contributed by atoms with Crippen LogP contribution in [0.5, 0.6) is 0 Å². The van der Waals surface area contributed by atoms with Gasteiger partial charge in [0.2, 0.25) is 0 Å². The number of ether oxygens (including phenoxy) is 2. The zero-order chi connectivity index (χ0) is 21.7. The topological polar surface area (TPSA) is 111 Å². The summed E-state index contributed by atoms with van der Waals surface area (Å²) < 4.78 is 38.8. The van der Waals surface area contributed by atoms with E-state index in [0.717, 1.165) is 11.8 Å². The van der Waals surface area contributed by atoms with Crippen molar-refractivity contribution in [3.63, 3.8) is 0 Å². The number of nitrogens with one attached hydrogen (secondary N) is 1. The lowest BCUT2D eigenvalue weighted by Crippen LogP contribution is -2.58. The Balaban J connectivity index is 2.01. The second kappa shape index (κ2) is 9.45. The van der Waals surface area contributed by atoms with E-state index in [1.807, 2.05) is 30.3 Å². The van der Waals surface area contributed by atoms with Crippen molar-refractivity contribution in [1.29, 1.82) is 0 Å². The second-order valence-electron chi connectivity index (χ2n) is 7.87. The molecule has 1 saturated heterocycles. The van der Waals surface area contributed by atoms with E-state index < -0.39 is 40.1 Å². The van der Waals surface area contributed by atoms with Gasteiger partial charge in [-0.05, 0) is 32.8 Å². The highest BCUT2D eigenvalue weighted by Gasteiger charge is 2.36. The molecule has 0 saturated carbocycles. The van der Waals surface area contributed by atoms with Crippen LogP contribution in [0.4, 0.5) is 9.59 Å². The number of carbonyl (C=O) groups excluding carboxylic acids is 2. The Morgan fingerprint density at radius 3 is 2.45 bits per heavy atom. The average molecular weight is 429 g/mol. The molecule has 9 nitrogen and oxygen atoms in total. The van der Waals surface area contributed by atoms with Gasteiger partial charge >= 0.3 is 12.2 Å². The molecule has 2 atom stereocenters. The van der Waals surface area contributed by atoms with Crippen LogP contribution in [0.2, 0.25) is 0 Å². The van der Waals surface area contributed by atoms with Crippen molar-refractivity contribution >= 4 is 22.3 Å². The van der Waals surface area contributed by atoms with Crippen molar-refractivity contribution in [2.45, 2.75) is 51.5 Å². The lowest BCUT2D eigenvalue weighted by atomic mass is 10.0. The molecule has 0 aromatic heterocycles. The molecular formula is C19H28N2O7S. The van der Waals surface area contributed by atoms with E-state index in [1.165, 1.54) is 4.90 Å². The molecule has 1 heterocycles. The number of nitrogens with zero attached hydrogens (tertiary/aromatic N) is 1. The van der Waals surface area contributed by atoms with E-state index in [9.17, 15) is 18.0 Å².